The summed E-state index contributed by atoms with van der Waals surface area (Å²) in [6, 6.07) is 13.0. The molecule has 0 bridgehead atoms. The van der Waals surface area contributed by atoms with Gasteiger partial charge in [0.05, 0.1) is 12.8 Å². The van der Waals surface area contributed by atoms with Crippen molar-refractivity contribution in [1.29, 1.82) is 0 Å². The van der Waals surface area contributed by atoms with Crippen LogP contribution in [-0.4, -0.2) is 13.1 Å². The molecule has 0 heterocycles. The van der Waals surface area contributed by atoms with Crippen LogP contribution >= 0.6 is 15.9 Å². The number of benzene rings is 2. The predicted molar refractivity (Wildman–Crippen MR) is 93.1 cm³/mol. The highest BCUT2D eigenvalue weighted by Gasteiger charge is 2.03. The summed E-state index contributed by atoms with van der Waals surface area (Å²) in [5, 5.41) is 5.44. The molecule has 114 valence electrons. The molecule has 0 aliphatic carbocycles. The number of amides is 2. The Morgan fingerprint density at radius 1 is 1.23 bits per heavy atom. The summed E-state index contributed by atoms with van der Waals surface area (Å²) >= 11 is 3.42. The predicted octanol–water partition coefficient (Wildman–Crippen LogP) is 4.56. The second-order valence-corrected chi connectivity index (χ2v) is 5.55. The molecular weight excluding hydrogens is 344 g/mol. The molecule has 0 spiro atoms. The first-order valence-corrected chi connectivity index (χ1v) is 7.52. The summed E-state index contributed by atoms with van der Waals surface area (Å²) in [6.45, 7) is 1.99. The van der Waals surface area contributed by atoms with E-state index in [1.165, 1.54) is 0 Å². The second kappa shape index (κ2) is 7.66. The van der Waals surface area contributed by atoms with Gasteiger partial charge in [-0.1, -0.05) is 18.2 Å². The molecule has 2 rings (SSSR count). The molecule has 22 heavy (non-hydrogen) atoms. The maximum atomic E-state index is 11.8. The average molecular weight is 361 g/mol. The van der Waals surface area contributed by atoms with Crippen LogP contribution in [0, 0.1) is 6.92 Å². The first-order valence-electron chi connectivity index (χ1n) is 6.73. The number of methoxy groups -OCH3 is 1. The van der Waals surface area contributed by atoms with Crippen molar-refractivity contribution in [2.45, 2.75) is 6.92 Å². The molecule has 0 aliphatic rings. The molecule has 2 amide bonds. The molecule has 4 nitrogen and oxygen atoms in total. The van der Waals surface area contributed by atoms with E-state index in [1.807, 2.05) is 49.4 Å². The van der Waals surface area contributed by atoms with E-state index in [0.717, 1.165) is 27.0 Å². The van der Waals surface area contributed by atoms with Gasteiger partial charge in [-0.2, -0.15) is 0 Å². The number of anilines is 1. The van der Waals surface area contributed by atoms with Crippen LogP contribution in [0.5, 0.6) is 5.75 Å². The minimum Gasteiger partial charge on any atom is -0.497 e. The summed E-state index contributed by atoms with van der Waals surface area (Å²) in [6.07, 6.45) is 3.39. The van der Waals surface area contributed by atoms with Gasteiger partial charge in [0.1, 0.15) is 5.75 Å². The quantitative estimate of drug-likeness (QED) is 0.839. The highest BCUT2D eigenvalue weighted by atomic mass is 79.9. The van der Waals surface area contributed by atoms with Crippen LogP contribution in [0.4, 0.5) is 10.5 Å². The molecule has 2 aromatic carbocycles. The van der Waals surface area contributed by atoms with Gasteiger partial charge >= 0.3 is 6.03 Å². The van der Waals surface area contributed by atoms with E-state index >= 15 is 0 Å². The zero-order chi connectivity index (χ0) is 15.9. The topological polar surface area (TPSA) is 50.4 Å². The van der Waals surface area contributed by atoms with Crippen molar-refractivity contribution in [1.82, 2.24) is 5.32 Å². The molecule has 0 aliphatic heterocycles. The van der Waals surface area contributed by atoms with E-state index < -0.39 is 0 Å². The Labute approximate surface area is 138 Å². The summed E-state index contributed by atoms with van der Waals surface area (Å²) in [5.41, 5.74) is 2.78. The SMILES string of the molecule is COc1cccc(/C=C/NC(=O)Nc2ccc(C)cc2Br)c1. The normalized spacial score (nSPS) is 10.5. The van der Waals surface area contributed by atoms with E-state index in [9.17, 15) is 4.79 Å². The Balaban J connectivity index is 1.93. The van der Waals surface area contributed by atoms with Gasteiger partial charge in [-0.05, 0) is 64.3 Å². The van der Waals surface area contributed by atoms with E-state index in [1.54, 1.807) is 19.4 Å². The van der Waals surface area contributed by atoms with Gasteiger partial charge in [-0.3, -0.25) is 0 Å². The summed E-state index contributed by atoms with van der Waals surface area (Å²) in [7, 11) is 1.62. The van der Waals surface area contributed by atoms with Gasteiger partial charge < -0.3 is 15.4 Å². The van der Waals surface area contributed by atoms with Gasteiger partial charge in [-0.25, -0.2) is 4.79 Å². The van der Waals surface area contributed by atoms with E-state index in [2.05, 4.69) is 26.6 Å². The van der Waals surface area contributed by atoms with Crippen LogP contribution in [0.2, 0.25) is 0 Å². The van der Waals surface area contributed by atoms with Gasteiger partial charge in [0.2, 0.25) is 0 Å². The van der Waals surface area contributed by atoms with Crippen molar-refractivity contribution in [3.8, 4) is 5.75 Å². The van der Waals surface area contributed by atoms with Crippen LogP contribution in [0.3, 0.4) is 0 Å². The van der Waals surface area contributed by atoms with E-state index in [-0.39, 0.29) is 6.03 Å². The third-order valence-electron chi connectivity index (χ3n) is 2.96. The minimum atomic E-state index is -0.302. The molecular formula is C17H17BrN2O2. The standard InChI is InChI=1S/C17H17BrN2O2/c1-12-6-7-16(15(18)10-12)20-17(21)19-9-8-13-4-3-5-14(11-13)22-2/h3-11H,1-2H3,(H2,19,20,21)/b9-8+. The van der Waals surface area contributed by atoms with Crippen LogP contribution in [0.1, 0.15) is 11.1 Å². The fourth-order valence-electron chi connectivity index (χ4n) is 1.84. The first-order chi connectivity index (χ1) is 10.6. The van der Waals surface area contributed by atoms with Gasteiger partial charge in [0, 0.05) is 10.7 Å². The number of nitrogens with one attached hydrogen (secondary N) is 2. The summed E-state index contributed by atoms with van der Waals surface area (Å²) in [4.78, 5) is 11.8. The maximum Gasteiger partial charge on any atom is 0.323 e. The van der Waals surface area contributed by atoms with Crippen molar-refractivity contribution in [2.24, 2.45) is 0 Å². The zero-order valence-corrected chi connectivity index (χ0v) is 14.0. The fraction of sp³-hybridized carbons (Fsp3) is 0.118. The number of carbonyl (C=O) groups excluding carboxylic acids is 1. The highest BCUT2D eigenvalue weighted by Crippen LogP contribution is 2.23. The lowest BCUT2D eigenvalue weighted by atomic mass is 10.2. The Morgan fingerprint density at radius 3 is 2.77 bits per heavy atom. The molecule has 2 aromatic rings. The molecule has 5 heteroatoms. The Kier molecular flexibility index (Phi) is 5.61. The number of rotatable bonds is 4. The maximum absolute atomic E-state index is 11.8. The summed E-state index contributed by atoms with van der Waals surface area (Å²) < 4.78 is 5.99. The molecule has 0 saturated heterocycles. The van der Waals surface area contributed by atoms with Crippen LogP contribution in [0.25, 0.3) is 6.08 Å². The molecule has 0 fully saturated rings. The lowest BCUT2D eigenvalue weighted by molar-refractivity contribution is 0.255. The highest BCUT2D eigenvalue weighted by molar-refractivity contribution is 9.10. The van der Waals surface area contributed by atoms with Crippen LogP contribution < -0.4 is 15.4 Å². The summed E-state index contributed by atoms with van der Waals surface area (Å²) in [5.74, 6) is 0.773. The molecule has 2 N–H and O–H groups in total. The van der Waals surface area contributed by atoms with Crippen molar-refractivity contribution in [3.63, 3.8) is 0 Å². The number of urea groups is 1. The van der Waals surface area contributed by atoms with Gasteiger partial charge in [0.15, 0.2) is 0 Å². The molecule has 0 radical (unpaired) electrons. The van der Waals surface area contributed by atoms with Crippen molar-refractivity contribution < 1.29 is 9.53 Å². The number of aryl methyl sites for hydroxylation is 1. The fourth-order valence-corrected chi connectivity index (χ4v) is 2.43. The number of carbonyl (C=O) groups is 1. The molecule has 0 aromatic heterocycles. The largest absolute Gasteiger partial charge is 0.497 e. The van der Waals surface area contributed by atoms with Crippen molar-refractivity contribution >= 4 is 33.7 Å². The smallest absolute Gasteiger partial charge is 0.323 e. The monoisotopic (exact) mass is 360 g/mol. The lowest BCUT2D eigenvalue weighted by Gasteiger charge is -2.07. The zero-order valence-electron chi connectivity index (χ0n) is 12.4. The average Bonchev–Trinajstić information content (AvgIpc) is 2.50. The van der Waals surface area contributed by atoms with Crippen LogP contribution in [-0.2, 0) is 0 Å². The number of halogens is 1. The second-order valence-electron chi connectivity index (χ2n) is 4.69. The minimum absolute atomic E-state index is 0.302. The van der Waals surface area contributed by atoms with Crippen LogP contribution in [0.15, 0.2) is 53.1 Å². The van der Waals surface area contributed by atoms with Gasteiger partial charge in [-0.15, -0.1) is 0 Å². The first kappa shape index (κ1) is 16.1. The third-order valence-corrected chi connectivity index (χ3v) is 3.61. The number of hydrogen-bond donors (Lipinski definition) is 2. The lowest BCUT2D eigenvalue weighted by Crippen LogP contribution is -2.23. The number of ether oxygens (including phenoxy) is 1. The Morgan fingerprint density at radius 2 is 2.05 bits per heavy atom. The van der Waals surface area contributed by atoms with Crippen molar-refractivity contribution in [3.05, 3.63) is 64.3 Å². The van der Waals surface area contributed by atoms with Gasteiger partial charge in [0.25, 0.3) is 0 Å². The number of hydrogen-bond acceptors (Lipinski definition) is 2. The van der Waals surface area contributed by atoms with E-state index in [4.69, 9.17) is 4.74 Å². The Hall–Kier alpha value is -2.27. The molecule has 0 atom stereocenters. The molecule has 0 saturated carbocycles. The van der Waals surface area contributed by atoms with Crippen molar-refractivity contribution in [2.75, 3.05) is 12.4 Å². The molecule has 0 unspecified atom stereocenters. The third kappa shape index (κ3) is 4.63. The Bertz CT molecular complexity index is 699. The van der Waals surface area contributed by atoms with E-state index in [0.29, 0.717) is 0 Å².